The van der Waals surface area contributed by atoms with Gasteiger partial charge in [0.15, 0.2) is 0 Å². The normalized spacial score (nSPS) is 11.8. The molecule has 0 aliphatic carbocycles. The van der Waals surface area contributed by atoms with Crippen molar-refractivity contribution in [2.24, 2.45) is 0 Å². The Hall–Kier alpha value is -0.810. The van der Waals surface area contributed by atoms with E-state index in [9.17, 15) is 9.90 Å². The monoisotopic (exact) mass is 318 g/mol. The first-order valence-corrected chi connectivity index (χ1v) is 7.09. The number of carbonyl (C=O) groups is 1. The Morgan fingerprint density at radius 1 is 1.40 bits per heavy atom. The summed E-state index contributed by atoms with van der Waals surface area (Å²) in [6, 6.07) is 4.92. The molecule has 0 saturated heterocycles. The van der Waals surface area contributed by atoms with Crippen molar-refractivity contribution in [1.29, 1.82) is 0 Å². The Labute approximate surface area is 129 Å². The van der Waals surface area contributed by atoms with Gasteiger partial charge >= 0.3 is 0 Å². The SMILES string of the molecule is CN(CCC(=O)Nc1cc(Cl)ccc1Cl)C(C)(C)CO. The van der Waals surface area contributed by atoms with Crippen molar-refractivity contribution in [3.63, 3.8) is 0 Å². The predicted molar refractivity (Wildman–Crippen MR) is 83.5 cm³/mol. The Morgan fingerprint density at radius 3 is 2.65 bits per heavy atom. The smallest absolute Gasteiger partial charge is 0.225 e. The topological polar surface area (TPSA) is 52.6 Å². The Bertz CT molecular complexity index is 478. The number of likely N-dealkylation sites (N-methyl/N-ethyl adjacent to an activating group) is 1. The Morgan fingerprint density at radius 2 is 2.05 bits per heavy atom. The molecule has 112 valence electrons. The Balaban J connectivity index is 2.54. The highest BCUT2D eigenvalue weighted by molar-refractivity contribution is 6.35. The zero-order valence-electron chi connectivity index (χ0n) is 11.9. The molecule has 0 aliphatic heterocycles. The number of hydrogen-bond donors (Lipinski definition) is 2. The number of nitrogens with zero attached hydrogens (tertiary/aromatic N) is 1. The average Bonchev–Trinajstić information content (AvgIpc) is 2.40. The summed E-state index contributed by atoms with van der Waals surface area (Å²) >= 11 is 11.8. The van der Waals surface area contributed by atoms with E-state index in [1.165, 1.54) is 0 Å². The molecule has 0 aliphatic rings. The third kappa shape index (κ3) is 4.94. The maximum absolute atomic E-state index is 11.9. The number of anilines is 1. The molecule has 0 saturated carbocycles. The molecule has 1 rings (SSSR count). The van der Waals surface area contributed by atoms with E-state index in [1.54, 1.807) is 18.2 Å². The molecule has 1 aromatic rings. The lowest BCUT2D eigenvalue weighted by Gasteiger charge is -2.33. The highest BCUT2D eigenvalue weighted by Crippen LogP contribution is 2.25. The van der Waals surface area contributed by atoms with Crippen LogP contribution in [0.5, 0.6) is 0 Å². The van der Waals surface area contributed by atoms with Crippen LogP contribution < -0.4 is 5.32 Å². The summed E-state index contributed by atoms with van der Waals surface area (Å²) in [6.45, 7) is 4.40. The number of carbonyl (C=O) groups excluding carboxylic acids is 1. The van der Waals surface area contributed by atoms with Crippen molar-refractivity contribution in [1.82, 2.24) is 4.90 Å². The van der Waals surface area contributed by atoms with Gasteiger partial charge in [0, 0.05) is 23.5 Å². The summed E-state index contributed by atoms with van der Waals surface area (Å²) in [5.41, 5.74) is 0.154. The molecule has 4 nitrogen and oxygen atoms in total. The van der Waals surface area contributed by atoms with Crippen LogP contribution in [0.15, 0.2) is 18.2 Å². The Kier molecular flexibility index (Phi) is 6.27. The number of rotatable bonds is 6. The van der Waals surface area contributed by atoms with Crippen molar-refractivity contribution in [2.75, 3.05) is 25.5 Å². The first-order chi connectivity index (χ1) is 9.26. The molecule has 0 heterocycles. The molecule has 0 bridgehead atoms. The van der Waals surface area contributed by atoms with Crippen LogP contribution in [0, 0.1) is 0 Å². The second-order valence-electron chi connectivity index (χ2n) is 5.31. The minimum Gasteiger partial charge on any atom is -0.394 e. The summed E-state index contributed by atoms with van der Waals surface area (Å²) < 4.78 is 0. The number of hydrogen-bond acceptors (Lipinski definition) is 3. The molecular weight excluding hydrogens is 299 g/mol. The van der Waals surface area contributed by atoms with Crippen LogP contribution in [0.4, 0.5) is 5.69 Å². The second-order valence-corrected chi connectivity index (χ2v) is 6.16. The number of halogens is 2. The van der Waals surface area contributed by atoms with Gasteiger partial charge in [-0.15, -0.1) is 0 Å². The maximum Gasteiger partial charge on any atom is 0.225 e. The number of benzene rings is 1. The van der Waals surface area contributed by atoms with Crippen molar-refractivity contribution in [3.8, 4) is 0 Å². The number of aliphatic hydroxyl groups is 1. The molecule has 1 aromatic carbocycles. The van der Waals surface area contributed by atoms with Crippen LogP contribution in [-0.2, 0) is 4.79 Å². The highest BCUT2D eigenvalue weighted by Gasteiger charge is 2.22. The van der Waals surface area contributed by atoms with Gasteiger partial charge in [-0.25, -0.2) is 0 Å². The van der Waals surface area contributed by atoms with Crippen molar-refractivity contribution in [2.45, 2.75) is 25.8 Å². The van der Waals surface area contributed by atoms with Crippen molar-refractivity contribution < 1.29 is 9.90 Å². The fraction of sp³-hybridized carbons (Fsp3) is 0.500. The largest absolute Gasteiger partial charge is 0.394 e. The minimum absolute atomic E-state index is 0.0330. The van der Waals surface area contributed by atoms with E-state index in [2.05, 4.69) is 5.32 Å². The fourth-order valence-corrected chi connectivity index (χ4v) is 1.84. The standard InChI is InChI=1S/C14H20Cl2N2O2/c1-14(2,9-19)18(3)7-6-13(20)17-12-8-10(15)4-5-11(12)16/h4-5,8,19H,6-7,9H2,1-3H3,(H,17,20). The minimum atomic E-state index is -0.353. The van der Waals surface area contributed by atoms with E-state index >= 15 is 0 Å². The average molecular weight is 319 g/mol. The molecule has 20 heavy (non-hydrogen) atoms. The summed E-state index contributed by atoms with van der Waals surface area (Å²) in [5, 5.41) is 13.0. The van der Waals surface area contributed by atoms with Gasteiger partial charge in [0.2, 0.25) is 5.91 Å². The molecule has 1 amide bonds. The second kappa shape index (κ2) is 7.27. The lowest BCUT2D eigenvalue weighted by Crippen LogP contribution is -2.45. The molecule has 0 aromatic heterocycles. The van der Waals surface area contributed by atoms with E-state index in [0.29, 0.717) is 28.7 Å². The van der Waals surface area contributed by atoms with Crippen LogP contribution >= 0.6 is 23.2 Å². The predicted octanol–water partition coefficient (Wildman–Crippen LogP) is 3.02. The van der Waals surface area contributed by atoms with Crippen LogP contribution in [0.3, 0.4) is 0 Å². The van der Waals surface area contributed by atoms with E-state index in [0.717, 1.165) is 0 Å². The number of aliphatic hydroxyl groups excluding tert-OH is 1. The van der Waals surface area contributed by atoms with Gasteiger partial charge in [0.25, 0.3) is 0 Å². The summed E-state index contributed by atoms with van der Waals surface area (Å²) in [4.78, 5) is 13.8. The van der Waals surface area contributed by atoms with Gasteiger partial charge in [-0.2, -0.15) is 0 Å². The third-order valence-corrected chi connectivity index (χ3v) is 3.86. The van der Waals surface area contributed by atoms with Crippen LogP contribution in [-0.4, -0.2) is 41.7 Å². The molecule has 0 atom stereocenters. The van der Waals surface area contributed by atoms with E-state index in [1.807, 2.05) is 25.8 Å². The highest BCUT2D eigenvalue weighted by atomic mass is 35.5. The van der Waals surface area contributed by atoms with E-state index < -0.39 is 0 Å². The van der Waals surface area contributed by atoms with Gasteiger partial charge in [-0.3, -0.25) is 9.69 Å². The maximum atomic E-state index is 11.9. The summed E-state index contributed by atoms with van der Waals surface area (Å²) in [5.74, 6) is -0.144. The van der Waals surface area contributed by atoms with Crippen molar-refractivity contribution >= 4 is 34.8 Å². The van der Waals surface area contributed by atoms with Gasteiger partial charge in [-0.1, -0.05) is 23.2 Å². The molecule has 0 radical (unpaired) electrons. The van der Waals surface area contributed by atoms with Gasteiger partial charge < -0.3 is 10.4 Å². The lowest BCUT2D eigenvalue weighted by molar-refractivity contribution is -0.116. The number of nitrogens with one attached hydrogen (secondary N) is 1. The first kappa shape index (κ1) is 17.2. The molecule has 0 fully saturated rings. The molecule has 0 spiro atoms. The summed E-state index contributed by atoms with van der Waals surface area (Å²) in [7, 11) is 1.87. The van der Waals surface area contributed by atoms with Crippen molar-refractivity contribution in [3.05, 3.63) is 28.2 Å². The fourth-order valence-electron chi connectivity index (χ4n) is 1.50. The lowest BCUT2D eigenvalue weighted by atomic mass is 10.1. The quantitative estimate of drug-likeness (QED) is 0.847. The number of amides is 1. The molecule has 6 heteroatoms. The summed E-state index contributed by atoms with van der Waals surface area (Å²) in [6.07, 6.45) is 0.308. The van der Waals surface area contributed by atoms with Gasteiger partial charge in [-0.05, 0) is 39.1 Å². The third-order valence-electron chi connectivity index (χ3n) is 3.30. The zero-order chi connectivity index (χ0) is 15.3. The van der Waals surface area contributed by atoms with Crippen LogP contribution in [0.2, 0.25) is 10.0 Å². The van der Waals surface area contributed by atoms with Gasteiger partial charge in [0.1, 0.15) is 0 Å². The molecule has 2 N–H and O–H groups in total. The van der Waals surface area contributed by atoms with E-state index in [-0.39, 0.29) is 18.1 Å². The van der Waals surface area contributed by atoms with Crippen LogP contribution in [0.25, 0.3) is 0 Å². The molecular formula is C14H20Cl2N2O2. The van der Waals surface area contributed by atoms with Gasteiger partial charge in [0.05, 0.1) is 17.3 Å². The van der Waals surface area contributed by atoms with E-state index in [4.69, 9.17) is 23.2 Å². The zero-order valence-corrected chi connectivity index (χ0v) is 13.4. The first-order valence-electron chi connectivity index (χ1n) is 6.33. The molecule has 0 unspecified atom stereocenters. The van der Waals surface area contributed by atoms with Crippen LogP contribution in [0.1, 0.15) is 20.3 Å².